The highest BCUT2D eigenvalue weighted by molar-refractivity contribution is 5.92. The molecule has 1 heterocycles. The van der Waals surface area contributed by atoms with E-state index in [9.17, 15) is 9.90 Å². The summed E-state index contributed by atoms with van der Waals surface area (Å²) in [5.41, 5.74) is 0.183. The first kappa shape index (κ1) is 14.9. The minimum atomic E-state index is -0.234. The fourth-order valence-electron chi connectivity index (χ4n) is 2.18. The second kappa shape index (κ2) is 6.31. The summed E-state index contributed by atoms with van der Waals surface area (Å²) in [6, 6.07) is 1.64. The molecule has 5 heteroatoms. The molecule has 2 N–H and O–H groups in total. The Bertz CT molecular complexity index is 460. The van der Waals surface area contributed by atoms with Gasteiger partial charge in [-0.15, -0.1) is 0 Å². The van der Waals surface area contributed by atoms with Gasteiger partial charge in [-0.05, 0) is 31.7 Å². The largest absolute Gasteiger partial charge is 0.396 e. The highest BCUT2D eigenvalue weighted by Gasteiger charge is 2.28. The van der Waals surface area contributed by atoms with Crippen molar-refractivity contribution >= 4 is 5.91 Å². The van der Waals surface area contributed by atoms with Gasteiger partial charge in [-0.1, -0.05) is 13.8 Å². The molecule has 1 aliphatic rings. The smallest absolute Gasteiger partial charge is 0.270 e. The van der Waals surface area contributed by atoms with Crippen molar-refractivity contribution in [2.75, 3.05) is 13.2 Å². The molecule has 0 aliphatic heterocycles. The minimum absolute atomic E-state index is 0.0807. The first-order valence-electron chi connectivity index (χ1n) is 7.36. The van der Waals surface area contributed by atoms with E-state index in [0.29, 0.717) is 18.2 Å². The van der Waals surface area contributed by atoms with Gasteiger partial charge in [0.1, 0.15) is 11.5 Å². The van der Waals surface area contributed by atoms with Crippen LogP contribution in [0.15, 0.2) is 12.3 Å². The number of hydrogen-bond acceptors (Lipinski definition) is 4. The third-order valence-corrected chi connectivity index (χ3v) is 4.31. The molecule has 1 aromatic heterocycles. The number of carbonyl (C=O) groups excluding carboxylic acids is 1. The van der Waals surface area contributed by atoms with Crippen LogP contribution in [-0.4, -0.2) is 34.1 Å². The lowest BCUT2D eigenvalue weighted by molar-refractivity contribution is 0.0846. The quantitative estimate of drug-likeness (QED) is 0.798. The van der Waals surface area contributed by atoms with Gasteiger partial charge in [-0.25, -0.2) is 9.97 Å². The second-order valence-corrected chi connectivity index (χ2v) is 5.62. The van der Waals surface area contributed by atoms with Crippen LogP contribution in [0.5, 0.6) is 0 Å². The zero-order valence-electron chi connectivity index (χ0n) is 12.2. The lowest BCUT2D eigenvalue weighted by Crippen LogP contribution is -2.39. The van der Waals surface area contributed by atoms with Crippen molar-refractivity contribution < 1.29 is 9.90 Å². The minimum Gasteiger partial charge on any atom is -0.396 e. The number of aromatic nitrogens is 2. The van der Waals surface area contributed by atoms with Crippen molar-refractivity contribution in [3.05, 3.63) is 23.8 Å². The maximum absolute atomic E-state index is 12.2. The van der Waals surface area contributed by atoms with Gasteiger partial charge < -0.3 is 10.4 Å². The average Bonchev–Trinajstić information content (AvgIpc) is 3.34. The number of carbonyl (C=O) groups is 1. The molecule has 0 radical (unpaired) electrons. The van der Waals surface area contributed by atoms with Crippen LogP contribution in [0.4, 0.5) is 0 Å². The van der Waals surface area contributed by atoms with Crippen LogP contribution in [0.1, 0.15) is 61.8 Å². The van der Waals surface area contributed by atoms with Crippen LogP contribution in [0, 0.1) is 5.41 Å². The van der Waals surface area contributed by atoms with Gasteiger partial charge >= 0.3 is 0 Å². The normalized spacial score (nSPS) is 15.2. The lowest BCUT2D eigenvalue weighted by atomic mass is 9.83. The Morgan fingerprint density at radius 3 is 2.70 bits per heavy atom. The summed E-state index contributed by atoms with van der Waals surface area (Å²) < 4.78 is 0. The Kier molecular flexibility index (Phi) is 4.70. The summed E-state index contributed by atoms with van der Waals surface area (Å²) in [5.74, 6) is 1.02. The molecule has 0 aromatic carbocycles. The number of rotatable bonds is 7. The Morgan fingerprint density at radius 1 is 1.45 bits per heavy atom. The number of hydrogen-bond donors (Lipinski definition) is 2. The Hall–Kier alpha value is -1.49. The maximum atomic E-state index is 12.2. The predicted octanol–water partition coefficient (Wildman–Crippen LogP) is 1.88. The molecule has 5 nitrogen and oxygen atoms in total. The van der Waals surface area contributed by atoms with E-state index in [1.54, 1.807) is 12.3 Å². The van der Waals surface area contributed by atoms with Crippen molar-refractivity contribution in [1.82, 2.24) is 15.3 Å². The summed E-state index contributed by atoms with van der Waals surface area (Å²) in [6.45, 7) is 4.61. The maximum Gasteiger partial charge on any atom is 0.270 e. The predicted molar refractivity (Wildman–Crippen MR) is 76.4 cm³/mol. The summed E-state index contributed by atoms with van der Waals surface area (Å²) in [4.78, 5) is 20.7. The summed E-state index contributed by atoms with van der Waals surface area (Å²) in [5, 5.41) is 12.4. The Labute approximate surface area is 119 Å². The molecule has 1 fully saturated rings. The monoisotopic (exact) mass is 277 g/mol. The van der Waals surface area contributed by atoms with Crippen LogP contribution in [0.2, 0.25) is 0 Å². The fourth-order valence-corrected chi connectivity index (χ4v) is 2.18. The zero-order valence-corrected chi connectivity index (χ0v) is 12.2. The zero-order chi connectivity index (χ0) is 14.6. The first-order chi connectivity index (χ1) is 9.64. The molecule has 1 saturated carbocycles. The molecule has 0 spiro atoms. The number of nitrogens with one attached hydrogen (secondary N) is 1. The van der Waals surface area contributed by atoms with Crippen molar-refractivity contribution in [1.29, 1.82) is 0 Å². The van der Waals surface area contributed by atoms with Crippen LogP contribution in [0.25, 0.3) is 0 Å². The van der Waals surface area contributed by atoms with E-state index in [0.717, 1.165) is 31.5 Å². The summed E-state index contributed by atoms with van der Waals surface area (Å²) in [6.07, 6.45) is 5.54. The van der Waals surface area contributed by atoms with Gasteiger partial charge in [0.2, 0.25) is 0 Å². The van der Waals surface area contributed by atoms with Crippen LogP contribution in [0.3, 0.4) is 0 Å². The van der Waals surface area contributed by atoms with E-state index >= 15 is 0 Å². The average molecular weight is 277 g/mol. The number of nitrogens with zero attached hydrogens (tertiary/aromatic N) is 2. The molecule has 2 rings (SSSR count). The van der Waals surface area contributed by atoms with E-state index in [-0.39, 0.29) is 17.9 Å². The third kappa shape index (κ3) is 3.33. The second-order valence-electron chi connectivity index (χ2n) is 5.62. The SMILES string of the molecule is CCC(CC)(CO)CNC(=O)c1ccnc(C2CC2)n1. The van der Waals surface area contributed by atoms with E-state index < -0.39 is 0 Å². The number of aliphatic hydroxyl groups excluding tert-OH is 1. The van der Waals surface area contributed by atoms with Gasteiger partial charge in [0.05, 0.1) is 6.61 Å². The standard InChI is InChI=1S/C15H23N3O2/c1-3-15(4-2,10-19)9-17-14(20)12-7-8-16-13(18-12)11-5-6-11/h7-8,11,19H,3-6,9-10H2,1-2H3,(H,17,20). The summed E-state index contributed by atoms with van der Waals surface area (Å²) in [7, 11) is 0. The van der Waals surface area contributed by atoms with Crippen molar-refractivity contribution in [3.8, 4) is 0 Å². The molecule has 0 saturated heterocycles. The highest BCUT2D eigenvalue weighted by Crippen LogP contribution is 2.37. The molecule has 0 atom stereocenters. The van der Waals surface area contributed by atoms with E-state index in [2.05, 4.69) is 15.3 Å². The van der Waals surface area contributed by atoms with Crippen molar-refractivity contribution in [2.45, 2.75) is 45.4 Å². The molecule has 20 heavy (non-hydrogen) atoms. The van der Waals surface area contributed by atoms with Crippen LogP contribution >= 0.6 is 0 Å². The molecule has 0 unspecified atom stereocenters. The van der Waals surface area contributed by atoms with Gasteiger partial charge in [-0.2, -0.15) is 0 Å². The van der Waals surface area contributed by atoms with Crippen molar-refractivity contribution in [3.63, 3.8) is 0 Å². The van der Waals surface area contributed by atoms with Gasteiger partial charge in [0, 0.05) is 24.1 Å². The summed E-state index contributed by atoms with van der Waals surface area (Å²) >= 11 is 0. The molecular formula is C15H23N3O2. The number of aliphatic hydroxyl groups is 1. The third-order valence-electron chi connectivity index (χ3n) is 4.31. The molecule has 1 amide bonds. The Balaban J connectivity index is 1.99. The fraction of sp³-hybridized carbons (Fsp3) is 0.667. The van der Waals surface area contributed by atoms with Crippen LogP contribution < -0.4 is 5.32 Å². The topological polar surface area (TPSA) is 75.1 Å². The molecule has 110 valence electrons. The molecule has 0 bridgehead atoms. The Morgan fingerprint density at radius 2 is 2.15 bits per heavy atom. The lowest BCUT2D eigenvalue weighted by Gasteiger charge is -2.29. The van der Waals surface area contributed by atoms with Gasteiger partial charge in [0.25, 0.3) is 5.91 Å². The van der Waals surface area contributed by atoms with Crippen LogP contribution in [-0.2, 0) is 0 Å². The van der Waals surface area contributed by atoms with E-state index in [1.807, 2.05) is 13.8 Å². The van der Waals surface area contributed by atoms with E-state index in [1.165, 1.54) is 0 Å². The molecular weight excluding hydrogens is 254 g/mol. The van der Waals surface area contributed by atoms with Gasteiger partial charge in [0.15, 0.2) is 0 Å². The molecule has 1 aliphatic carbocycles. The molecule has 1 aromatic rings. The number of amides is 1. The van der Waals surface area contributed by atoms with Gasteiger partial charge in [-0.3, -0.25) is 4.79 Å². The highest BCUT2D eigenvalue weighted by atomic mass is 16.3. The van der Waals surface area contributed by atoms with E-state index in [4.69, 9.17) is 0 Å². The first-order valence-corrected chi connectivity index (χ1v) is 7.36. The van der Waals surface area contributed by atoms with Crippen molar-refractivity contribution in [2.24, 2.45) is 5.41 Å².